The molecular formula is C18H19ClN2O6. The fourth-order valence-electron chi connectivity index (χ4n) is 2.89. The molecule has 144 valence electrons. The van der Waals surface area contributed by atoms with Crippen LogP contribution in [0.5, 0.6) is 11.5 Å². The number of amides is 3. The SMILES string of the molecule is O=C(COC(=O)/C=C/c1cc(Cl)c2c(c1)OCO2)NC(=O)NC1CCCC1. The highest BCUT2D eigenvalue weighted by Crippen LogP contribution is 2.40. The molecule has 0 spiro atoms. The van der Waals surface area contributed by atoms with E-state index in [0.717, 1.165) is 31.8 Å². The summed E-state index contributed by atoms with van der Waals surface area (Å²) in [6.07, 6.45) is 6.58. The van der Waals surface area contributed by atoms with Gasteiger partial charge in [-0.25, -0.2) is 9.59 Å². The number of ether oxygens (including phenoxy) is 3. The second-order valence-corrected chi connectivity index (χ2v) is 6.59. The molecule has 0 bridgehead atoms. The fraction of sp³-hybridized carbons (Fsp3) is 0.389. The van der Waals surface area contributed by atoms with E-state index in [-0.39, 0.29) is 12.8 Å². The molecule has 0 radical (unpaired) electrons. The van der Waals surface area contributed by atoms with E-state index in [4.69, 9.17) is 25.8 Å². The van der Waals surface area contributed by atoms with Crippen molar-refractivity contribution >= 4 is 35.6 Å². The van der Waals surface area contributed by atoms with Gasteiger partial charge in [0.25, 0.3) is 5.91 Å². The third-order valence-corrected chi connectivity index (χ3v) is 4.43. The molecule has 1 aliphatic heterocycles. The van der Waals surface area contributed by atoms with Gasteiger partial charge in [-0.15, -0.1) is 0 Å². The molecule has 2 N–H and O–H groups in total. The van der Waals surface area contributed by atoms with Crippen LogP contribution in [0.15, 0.2) is 18.2 Å². The summed E-state index contributed by atoms with van der Waals surface area (Å²) in [6, 6.07) is 2.79. The molecule has 0 saturated heterocycles. The summed E-state index contributed by atoms with van der Waals surface area (Å²) >= 11 is 6.06. The van der Waals surface area contributed by atoms with Crippen LogP contribution in [0, 0.1) is 0 Å². The topological polar surface area (TPSA) is 103 Å². The molecule has 1 aliphatic carbocycles. The lowest BCUT2D eigenvalue weighted by Gasteiger charge is -2.12. The zero-order valence-electron chi connectivity index (χ0n) is 14.5. The number of carbonyl (C=O) groups is 3. The summed E-state index contributed by atoms with van der Waals surface area (Å²) in [5.41, 5.74) is 0.613. The lowest BCUT2D eigenvalue weighted by atomic mass is 10.2. The maximum Gasteiger partial charge on any atom is 0.331 e. The highest BCUT2D eigenvalue weighted by atomic mass is 35.5. The van der Waals surface area contributed by atoms with Gasteiger partial charge in [0, 0.05) is 12.1 Å². The molecule has 0 aromatic heterocycles. The summed E-state index contributed by atoms with van der Waals surface area (Å²) in [5, 5.41) is 5.21. The Morgan fingerprint density at radius 1 is 1.22 bits per heavy atom. The number of esters is 1. The van der Waals surface area contributed by atoms with E-state index < -0.39 is 24.5 Å². The van der Waals surface area contributed by atoms with Gasteiger partial charge in [0.1, 0.15) is 0 Å². The first-order valence-corrected chi connectivity index (χ1v) is 8.93. The predicted molar refractivity (Wildman–Crippen MR) is 96.5 cm³/mol. The van der Waals surface area contributed by atoms with Crippen LogP contribution >= 0.6 is 11.6 Å². The van der Waals surface area contributed by atoms with Gasteiger partial charge in [-0.05, 0) is 36.6 Å². The van der Waals surface area contributed by atoms with Crippen molar-refractivity contribution < 1.29 is 28.6 Å². The van der Waals surface area contributed by atoms with Crippen LogP contribution in [0.1, 0.15) is 31.2 Å². The van der Waals surface area contributed by atoms with Crippen LogP contribution in [0.25, 0.3) is 6.08 Å². The van der Waals surface area contributed by atoms with Crippen molar-refractivity contribution in [3.63, 3.8) is 0 Å². The summed E-state index contributed by atoms with van der Waals surface area (Å²) in [4.78, 5) is 35.0. The smallest absolute Gasteiger partial charge is 0.331 e. The standard InChI is InChI=1S/C18H19ClN2O6/c19-13-7-11(8-14-17(13)27-10-26-14)5-6-16(23)25-9-15(22)21-18(24)20-12-3-1-2-4-12/h5-8,12H,1-4,9-10H2,(H2,20,21,22,24)/b6-5+. The third-order valence-electron chi connectivity index (χ3n) is 4.15. The first-order chi connectivity index (χ1) is 13.0. The Morgan fingerprint density at radius 3 is 2.78 bits per heavy atom. The summed E-state index contributed by atoms with van der Waals surface area (Å²) in [5.74, 6) is -0.472. The van der Waals surface area contributed by atoms with Gasteiger partial charge in [0.2, 0.25) is 6.79 Å². The van der Waals surface area contributed by atoms with E-state index >= 15 is 0 Å². The summed E-state index contributed by atoms with van der Waals surface area (Å²) in [6.45, 7) is -0.461. The van der Waals surface area contributed by atoms with Crippen molar-refractivity contribution in [2.45, 2.75) is 31.7 Å². The molecule has 0 atom stereocenters. The number of rotatable bonds is 5. The number of halogens is 1. The number of fused-ring (bicyclic) bond motifs is 1. The highest BCUT2D eigenvalue weighted by molar-refractivity contribution is 6.32. The lowest BCUT2D eigenvalue weighted by Crippen LogP contribution is -2.44. The van der Waals surface area contributed by atoms with Crippen LogP contribution in [0.3, 0.4) is 0 Å². The molecule has 0 unspecified atom stereocenters. The average molecular weight is 395 g/mol. The zero-order valence-corrected chi connectivity index (χ0v) is 15.2. The van der Waals surface area contributed by atoms with E-state index in [1.807, 2.05) is 0 Å². The highest BCUT2D eigenvalue weighted by Gasteiger charge is 2.19. The maximum absolute atomic E-state index is 11.7. The monoisotopic (exact) mass is 394 g/mol. The number of urea groups is 1. The Bertz CT molecular complexity index is 773. The van der Waals surface area contributed by atoms with Crippen molar-refractivity contribution in [2.75, 3.05) is 13.4 Å². The molecule has 3 amide bonds. The van der Waals surface area contributed by atoms with Crippen molar-refractivity contribution in [3.8, 4) is 11.5 Å². The first-order valence-electron chi connectivity index (χ1n) is 8.55. The normalized spacial score (nSPS) is 15.7. The van der Waals surface area contributed by atoms with E-state index in [2.05, 4.69) is 10.6 Å². The quantitative estimate of drug-likeness (QED) is 0.587. The molecule has 1 heterocycles. The number of carbonyl (C=O) groups excluding carboxylic acids is 3. The van der Waals surface area contributed by atoms with Crippen molar-refractivity contribution in [1.29, 1.82) is 0 Å². The minimum absolute atomic E-state index is 0.0910. The van der Waals surface area contributed by atoms with Crippen LogP contribution in [0.4, 0.5) is 4.79 Å². The molecule has 1 aromatic carbocycles. The molecule has 3 rings (SSSR count). The van der Waals surface area contributed by atoms with Gasteiger partial charge in [0.15, 0.2) is 18.1 Å². The van der Waals surface area contributed by atoms with Crippen LogP contribution in [-0.4, -0.2) is 37.3 Å². The molecule has 2 aliphatic rings. The minimum atomic E-state index is -0.727. The Hall–Kier alpha value is -2.74. The average Bonchev–Trinajstić information content (AvgIpc) is 3.29. The number of benzene rings is 1. The largest absolute Gasteiger partial charge is 0.454 e. The summed E-state index contributed by atoms with van der Waals surface area (Å²) < 4.78 is 15.3. The molecule has 1 saturated carbocycles. The maximum atomic E-state index is 11.7. The first kappa shape index (κ1) is 19.0. The number of hydrogen-bond donors (Lipinski definition) is 2. The molecule has 27 heavy (non-hydrogen) atoms. The van der Waals surface area contributed by atoms with E-state index in [9.17, 15) is 14.4 Å². The fourth-order valence-corrected chi connectivity index (χ4v) is 3.16. The second kappa shape index (κ2) is 8.77. The number of hydrogen-bond acceptors (Lipinski definition) is 6. The zero-order chi connectivity index (χ0) is 19.2. The van der Waals surface area contributed by atoms with Crippen molar-refractivity contribution in [2.24, 2.45) is 0 Å². The summed E-state index contributed by atoms with van der Waals surface area (Å²) in [7, 11) is 0. The minimum Gasteiger partial charge on any atom is -0.454 e. The van der Waals surface area contributed by atoms with Gasteiger partial charge < -0.3 is 19.5 Å². The molecule has 1 aromatic rings. The van der Waals surface area contributed by atoms with Crippen molar-refractivity contribution in [3.05, 3.63) is 28.8 Å². The molecule has 1 fully saturated rings. The van der Waals surface area contributed by atoms with Gasteiger partial charge in [0.05, 0.1) is 5.02 Å². The Labute approximate surface area is 160 Å². The Balaban J connectivity index is 1.42. The van der Waals surface area contributed by atoms with Crippen LogP contribution in [0.2, 0.25) is 5.02 Å². The van der Waals surface area contributed by atoms with Gasteiger partial charge in [-0.1, -0.05) is 24.4 Å². The van der Waals surface area contributed by atoms with Gasteiger partial charge in [-0.3, -0.25) is 10.1 Å². The van der Waals surface area contributed by atoms with Crippen LogP contribution < -0.4 is 20.1 Å². The predicted octanol–water partition coefficient (Wildman–Crippen LogP) is 2.39. The number of imide groups is 1. The number of nitrogens with one attached hydrogen (secondary N) is 2. The third kappa shape index (κ3) is 5.37. The second-order valence-electron chi connectivity index (χ2n) is 6.18. The van der Waals surface area contributed by atoms with Crippen molar-refractivity contribution in [1.82, 2.24) is 10.6 Å². The van der Waals surface area contributed by atoms with Gasteiger partial charge in [-0.2, -0.15) is 0 Å². The Kier molecular flexibility index (Phi) is 6.18. The van der Waals surface area contributed by atoms with Gasteiger partial charge >= 0.3 is 12.0 Å². The van der Waals surface area contributed by atoms with E-state index in [0.29, 0.717) is 22.1 Å². The lowest BCUT2D eigenvalue weighted by molar-refractivity contribution is -0.143. The van der Waals surface area contributed by atoms with E-state index in [1.54, 1.807) is 12.1 Å². The van der Waals surface area contributed by atoms with Crippen LogP contribution in [-0.2, 0) is 14.3 Å². The molecule has 8 nitrogen and oxygen atoms in total. The molecule has 9 heteroatoms. The molecular weight excluding hydrogens is 376 g/mol. The Morgan fingerprint density at radius 2 is 2.00 bits per heavy atom. The van der Waals surface area contributed by atoms with E-state index in [1.165, 1.54) is 6.08 Å².